The van der Waals surface area contributed by atoms with Crippen molar-refractivity contribution in [2.45, 2.75) is 13.0 Å². The molecule has 4 rings (SSSR count). The van der Waals surface area contributed by atoms with Gasteiger partial charge in [-0.1, -0.05) is 47.5 Å². The zero-order valence-corrected chi connectivity index (χ0v) is 20.1. The minimum atomic E-state index is -0.909. The van der Waals surface area contributed by atoms with Crippen molar-refractivity contribution >= 4 is 46.3 Å². The number of amides is 1. The Labute approximate surface area is 206 Å². The van der Waals surface area contributed by atoms with Crippen molar-refractivity contribution in [2.24, 2.45) is 0 Å². The van der Waals surface area contributed by atoms with Crippen LogP contribution in [0.2, 0.25) is 10.0 Å². The van der Waals surface area contributed by atoms with Crippen molar-refractivity contribution in [2.75, 3.05) is 19.1 Å². The highest BCUT2D eigenvalue weighted by Gasteiger charge is 2.47. The van der Waals surface area contributed by atoms with Crippen molar-refractivity contribution in [3.63, 3.8) is 0 Å². The van der Waals surface area contributed by atoms with E-state index in [-0.39, 0.29) is 21.2 Å². The average molecular weight is 498 g/mol. The minimum Gasteiger partial charge on any atom is -0.507 e. The van der Waals surface area contributed by atoms with E-state index in [1.54, 1.807) is 30.3 Å². The van der Waals surface area contributed by atoms with Gasteiger partial charge < -0.3 is 14.6 Å². The molecule has 1 fully saturated rings. The van der Waals surface area contributed by atoms with E-state index in [1.807, 2.05) is 31.2 Å². The van der Waals surface area contributed by atoms with Crippen LogP contribution in [0.5, 0.6) is 11.5 Å². The third-order valence-corrected chi connectivity index (χ3v) is 6.39. The van der Waals surface area contributed by atoms with Gasteiger partial charge in [0.25, 0.3) is 11.7 Å². The Hall–Kier alpha value is -3.48. The summed E-state index contributed by atoms with van der Waals surface area (Å²) < 4.78 is 10.5. The Morgan fingerprint density at radius 1 is 0.941 bits per heavy atom. The molecule has 0 aromatic heterocycles. The average Bonchev–Trinajstić information content (AvgIpc) is 3.09. The predicted molar refractivity (Wildman–Crippen MR) is 132 cm³/mol. The van der Waals surface area contributed by atoms with Gasteiger partial charge in [-0.2, -0.15) is 0 Å². The standard InChI is InChI=1S/C26H21Cl2NO5/c1-14-6-4-5-7-17(14)23-22(24(30)18-13-16(33-2)9-10-19(18)27)25(31)26(32)29(23)15-8-11-21(34-3)20(28)12-15/h4-13,23,30H,1-3H3/b24-22+. The van der Waals surface area contributed by atoms with Crippen LogP contribution in [-0.2, 0) is 9.59 Å². The van der Waals surface area contributed by atoms with Crippen LogP contribution in [0.25, 0.3) is 5.76 Å². The molecule has 174 valence electrons. The number of carbonyl (C=O) groups excluding carboxylic acids is 2. The molecule has 1 amide bonds. The number of carbonyl (C=O) groups is 2. The summed E-state index contributed by atoms with van der Waals surface area (Å²) in [5.74, 6) is -1.16. The first kappa shape index (κ1) is 23.7. The molecule has 0 spiro atoms. The first-order valence-electron chi connectivity index (χ1n) is 10.3. The number of hydrogen-bond donors (Lipinski definition) is 1. The second-order valence-electron chi connectivity index (χ2n) is 7.69. The molecule has 0 radical (unpaired) electrons. The summed E-state index contributed by atoms with van der Waals surface area (Å²) in [6.45, 7) is 1.87. The molecule has 1 atom stereocenters. The first-order valence-corrected chi connectivity index (χ1v) is 11.1. The van der Waals surface area contributed by atoms with Gasteiger partial charge in [-0.25, -0.2) is 0 Å². The SMILES string of the molecule is COc1ccc(Cl)c(/C(O)=C2\C(=O)C(=O)N(c3ccc(OC)c(Cl)c3)C2c2ccccc2C)c1. The maximum absolute atomic E-state index is 13.3. The van der Waals surface area contributed by atoms with Gasteiger partial charge in [-0.05, 0) is 54.4 Å². The second kappa shape index (κ2) is 9.41. The molecule has 1 N–H and O–H groups in total. The van der Waals surface area contributed by atoms with Gasteiger partial charge >= 0.3 is 0 Å². The molecule has 6 nitrogen and oxygen atoms in total. The Kier molecular flexibility index (Phi) is 6.55. The number of aryl methyl sites for hydroxylation is 1. The van der Waals surface area contributed by atoms with Crippen molar-refractivity contribution < 1.29 is 24.2 Å². The topological polar surface area (TPSA) is 76.1 Å². The van der Waals surface area contributed by atoms with E-state index in [1.165, 1.54) is 25.2 Å². The molecule has 1 aliphatic rings. The van der Waals surface area contributed by atoms with Crippen LogP contribution in [0.4, 0.5) is 5.69 Å². The number of benzene rings is 3. The zero-order chi connectivity index (χ0) is 24.6. The number of rotatable bonds is 5. The lowest BCUT2D eigenvalue weighted by atomic mass is 9.92. The molecule has 8 heteroatoms. The molecule has 1 saturated heterocycles. The van der Waals surface area contributed by atoms with E-state index >= 15 is 0 Å². The number of ether oxygens (including phenoxy) is 2. The molecule has 34 heavy (non-hydrogen) atoms. The molecular weight excluding hydrogens is 477 g/mol. The Bertz CT molecular complexity index is 1330. The second-order valence-corrected chi connectivity index (χ2v) is 8.50. The van der Waals surface area contributed by atoms with E-state index < -0.39 is 23.5 Å². The summed E-state index contributed by atoms with van der Waals surface area (Å²) in [5, 5.41) is 11.8. The van der Waals surface area contributed by atoms with Gasteiger partial charge in [0, 0.05) is 11.3 Å². The van der Waals surface area contributed by atoms with E-state index in [4.69, 9.17) is 32.7 Å². The smallest absolute Gasteiger partial charge is 0.300 e. The molecule has 3 aromatic rings. The minimum absolute atomic E-state index is 0.0820. The highest BCUT2D eigenvalue weighted by Crippen LogP contribution is 2.45. The monoisotopic (exact) mass is 497 g/mol. The third-order valence-electron chi connectivity index (χ3n) is 5.77. The van der Waals surface area contributed by atoms with Gasteiger partial charge in [-0.3, -0.25) is 14.5 Å². The molecule has 3 aromatic carbocycles. The predicted octanol–water partition coefficient (Wildman–Crippen LogP) is 5.95. The number of hydrogen-bond acceptors (Lipinski definition) is 5. The number of Topliss-reactive ketones (excluding diaryl/α,β-unsaturated/α-hetero) is 1. The van der Waals surface area contributed by atoms with Crippen molar-refractivity contribution in [1.82, 2.24) is 0 Å². The lowest BCUT2D eigenvalue weighted by Crippen LogP contribution is -2.29. The Morgan fingerprint density at radius 3 is 2.32 bits per heavy atom. The van der Waals surface area contributed by atoms with E-state index in [0.717, 1.165) is 5.56 Å². The van der Waals surface area contributed by atoms with Gasteiger partial charge in [0.05, 0.1) is 35.9 Å². The van der Waals surface area contributed by atoms with Crippen LogP contribution >= 0.6 is 23.2 Å². The summed E-state index contributed by atoms with van der Waals surface area (Å²) in [6.07, 6.45) is 0. The molecule has 1 heterocycles. The van der Waals surface area contributed by atoms with Crippen molar-refractivity contribution in [1.29, 1.82) is 0 Å². The number of aliphatic hydroxyl groups excluding tert-OH is 1. The highest BCUT2D eigenvalue weighted by atomic mass is 35.5. The van der Waals surface area contributed by atoms with Gasteiger partial charge in [-0.15, -0.1) is 0 Å². The van der Waals surface area contributed by atoms with Gasteiger partial charge in [0.1, 0.15) is 17.3 Å². The molecule has 0 aliphatic carbocycles. The molecule has 0 bridgehead atoms. The van der Waals surface area contributed by atoms with E-state index in [2.05, 4.69) is 0 Å². The summed E-state index contributed by atoms with van der Waals surface area (Å²) in [4.78, 5) is 28.0. The Balaban J connectivity index is 1.99. The van der Waals surface area contributed by atoms with Crippen molar-refractivity contribution in [3.8, 4) is 11.5 Å². The van der Waals surface area contributed by atoms with Crippen LogP contribution in [0.3, 0.4) is 0 Å². The number of halogens is 2. The lowest BCUT2D eigenvalue weighted by molar-refractivity contribution is -0.132. The summed E-state index contributed by atoms with van der Waals surface area (Å²) in [7, 11) is 2.96. The van der Waals surface area contributed by atoms with Crippen LogP contribution in [0, 0.1) is 6.92 Å². The summed E-state index contributed by atoms with van der Waals surface area (Å²) in [6, 6.07) is 15.9. The van der Waals surface area contributed by atoms with Gasteiger partial charge in [0.2, 0.25) is 0 Å². The maximum atomic E-state index is 13.3. The fourth-order valence-corrected chi connectivity index (χ4v) is 4.51. The molecule has 1 aliphatic heterocycles. The van der Waals surface area contributed by atoms with E-state index in [9.17, 15) is 14.7 Å². The number of anilines is 1. The maximum Gasteiger partial charge on any atom is 0.300 e. The normalized spacial score (nSPS) is 17.2. The number of methoxy groups -OCH3 is 2. The number of aliphatic hydroxyl groups is 1. The van der Waals surface area contributed by atoms with Crippen LogP contribution in [0.15, 0.2) is 66.2 Å². The summed E-state index contributed by atoms with van der Waals surface area (Å²) in [5.41, 5.74) is 2.00. The summed E-state index contributed by atoms with van der Waals surface area (Å²) >= 11 is 12.7. The zero-order valence-electron chi connectivity index (χ0n) is 18.6. The molecule has 1 unspecified atom stereocenters. The first-order chi connectivity index (χ1) is 16.3. The quantitative estimate of drug-likeness (QED) is 0.268. The van der Waals surface area contributed by atoms with Gasteiger partial charge in [0.15, 0.2) is 0 Å². The van der Waals surface area contributed by atoms with Crippen LogP contribution < -0.4 is 14.4 Å². The number of nitrogens with zero attached hydrogens (tertiary/aromatic N) is 1. The fourth-order valence-electron chi connectivity index (χ4n) is 4.05. The third kappa shape index (κ3) is 4.00. The largest absolute Gasteiger partial charge is 0.507 e. The molecular formula is C26H21Cl2NO5. The van der Waals surface area contributed by atoms with Crippen LogP contribution in [0.1, 0.15) is 22.7 Å². The Morgan fingerprint density at radius 2 is 1.68 bits per heavy atom. The lowest BCUT2D eigenvalue weighted by Gasteiger charge is -2.27. The van der Waals surface area contributed by atoms with E-state index in [0.29, 0.717) is 22.7 Å². The van der Waals surface area contributed by atoms with Crippen LogP contribution in [-0.4, -0.2) is 31.0 Å². The molecule has 0 saturated carbocycles. The fraction of sp³-hybridized carbons (Fsp3) is 0.154. The number of ketones is 1. The highest BCUT2D eigenvalue weighted by molar-refractivity contribution is 6.52. The van der Waals surface area contributed by atoms with Crippen molar-refractivity contribution in [3.05, 3.63) is 93.0 Å².